The molecule has 0 heterocycles. The Labute approximate surface area is 124 Å². The molecule has 1 aromatic rings. The maximum Gasteiger partial charge on any atom is 0.312 e. The van der Waals surface area contributed by atoms with Crippen LogP contribution in [0.2, 0.25) is 0 Å². The summed E-state index contributed by atoms with van der Waals surface area (Å²) in [5, 5.41) is 14.0. The molecule has 0 bridgehead atoms. The fourth-order valence-corrected chi connectivity index (χ4v) is 1.86. The van der Waals surface area contributed by atoms with Crippen LogP contribution in [-0.4, -0.2) is 30.2 Å². The van der Waals surface area contributed by atoms with Crippen molar-refractivity contribution < 1.29 is 14.7 Å². The number of primary amides is 1. The number of hydrogen-bond donors (Lipinski definition) is 4. The zero-order chi connectivity index (χ0) is 15.5. The standard InChI is InChI=1S/C15H23N3O3/c16-15(21)18-11-12-5-7-13(8-6-12)14(20)17-9-3-1-2-4-10-19/h5-8,19H,1-4,9-11H2,(H,17,20)(H3,16,18,21). The lowest BCUT2D eigenvalue weighted by atomic mass is 10.1. The summed E-state index contributed by atoms with van der Waals surface area (Å²) in [7, 11) is 0. The van der Waals surface area contributed by atoms with Gasteiger partial charge in [0.2, 0.25) is 0 Å². The number of hydrogen-bond acceptors (Lipinski definition) is 3. The third-order valence-corrected chi connectivity index (χ3v) is 3.05. The molecule has 1 rings (SSSR count). The number of benzene rings is 1. The normalized spacial score (nSPS) is 10.1. The molecule has 0 aliphatic heterocycles. The lowest BCUT2D eigenvalue weighted by Gasteiger charge is -2.06. The van der Waals surface area contributed by atoms with Crippen LogP contribution < -0.4 is 16.4 Å². The van der Waals surface area contributed by atoms with Crippen LogP contribution >= 0.6 is 0 Å². The van der Waals surface area contributed by atoms with E-state index in [-0.39, 0.29) is 12.5 Å². The topological polar surface area (TPSA) is 104 Å². The molecular weight excluding hydrogens is 270 g/mol. The maximum atomic E-state index is 11.9. The van der Waals surface area contributed by atoms with Crippen molar-refractivity contribution in [1.29, 1.82) is 0 Å². The van der Waals surface area contributed by atoms with E-state index in [4.69, 9.17) is 10.8 Å². The lowest BCUT2D eigenvalue weighted by Crippen LogP contribution is -2.28. The molecule has 6 heteroatoms. The second-order valence-electron chi connectivity index (χ2n) is 4.81. The monoisotopic (exact) mass is 293 g/mol. The first-order valence-electron chi connectivity index (χ1n) is 7.15. The third-order valence-electron chi connectivity index (χ3n) is 3.05. The molecule has 0 aliphatic carbocycles. The molecule has 3 amide bonds. The quantitative estimate of drug-likeness (QED) is 0.513. The van der Waals surface area contributed by atoms with Crippen molar-refractivity contribution in [3.05, 3.63) is 35.4 Å². The Morgan fingerprint density at radius 3 is 2.29 bits per heavy atom. The first kappa shape index (κ1) is 17.0. The van der Waals surface area contributed by atoms with Gasteiger partial charge in [0.15, 0.2) is 0 Å². The van der Waals surface area contributed by atoms with Gasteiger partial charge in [0.1, 0.15) is 0 Å². The van der Waals surface area contributed by atoms with Gasteiger partial charge >= 0.3 is 6.03 Å². The van der Waals surface area contributed by atoms with Crippen LogP contribution in [0, 0.1) is 0 Å². The smallest absolute Gasteiger partial charge is 0.312 e. The molecule has 0 unspecified atom stereocenters. The van der Waals surface area contributed by atoms with Gasteiger partial charge in [-0.05, 0) is 30.5 Å². The minimum absolute atomic E-state index is 0.105. The summed E-state index contributed by atoms with van der Waals surface area (Å²) in [4.78, 5) is 22.5. The van der Waals surface area contributed by atoms with Crippen LogP contribution in [0.1, 0.15) is 41.6 Å². The van der Waals surface area contributed by atoms with E-state index in [2.05, 4.69) is 10.6 Å². The van der Waals surface area contributed by atoms with Gasteiger partial charge in [-0.2, -0.15) is 0 Å². The molecule has 0 atom stereocenters. The largest absolute Gasteiger partial charge is 0.396 e. The van der Waals surface area contributed by atoms with E-state index in [1.807, 2.05) is 0 Å². The fraction of sp³-hybridized carbons (Fsp3) is 0.467. The van der Waals surface area contributed by atoms with Crippen LogP contribution in [0.4, 0.5) is 4.79 Å². The van der Waals surface area contributed by atoms with Crippen molar-refractivity contribution >= 4 is 11.9 Å². The Morgan fingerprint density at radius 1 is 1.00 bits per heavy atom. The molecular formula is C15H23N3O3. The predicted octanol–water partition coefficient (Wildman–Crippen LogP) is 1.14. The van der Waals surface area contributed by atoms with Crippen molar-refractivity contribution in [1.82, 2.24) is 10.6 Å². The van der Waals surface area contributed by atoms with Crippen LogP contribution in [0.15, 0.2) is 24.3 Å². The summed E-state index contributed by atoms with van der Waals surface area (Å²) >= 11 is 0. The van der Waals surface area contributed by atoms with Crippen molar-refractivity contribution in [3.8, 4) is 0 Å². The van der Waals surface area contributed by atoms with E-state index in [0.717, 1.165) is 31.2 Å². The fourth-order valence-electron chi connectivity index (χ4n) is 1.86. The van der Waals surface area contributed by atoms with Gasteiger partial charge < -0.3 is 21.5 Å². The van der Waals surface area contributed by atoms with Crippen molar-refractivity contribution in [2.75, 3.05) is 13.2 Å². The Hall–Kier alpha value is -2.08. The maximum absolute atomic E-state index is 11.9. The summed E-state index contributed by atoms with van der Waals surface area (Å²) in [5.41, 5.74) is 6.46. The molecule has 0 saturated heterocycles. The van der Waals surface area contributed by atoms with E-state index < -0.39 is 6.03 Å². The number of carbonyl (C=O) groups excluding carboxylic acids is 2. The number of amides is 3. The summed E-state index contributed by atoms with van der Waals surface area (Å²) < 4.78 is 0. The minimum atomic E-state index is -0.571. The number of urea groups is 1. The van der Waals surface area contributed by atoms with Crippen LogP contribution in [0.3, 0.4) is 0 Å². The van der Waals surface area contributed by atoms with E-state index in [0.29, 0.717) is 18.7 Å². The van der Waals surface area contributed by atoms with E-state index >= 15 is 0 Å². The first-order chi connectivity index (χ1) is 10.1. The zero-order valence-electron chi connectivity index (χ0n) is 12.1. The first-order valence-corrected chi connectivity index (χ1v) is 7.15. The third kappa shape index (κ3) is 7.31. The molecule has 116 valence electrons. The Morgan fingerprint density at radius 2 is 1.67 bits per heavy atom. The summed E-state index contributed by atoms with van der Waals surface area (Å²) in [6.07, 6.45) is 3.70. The number of aliphatic hydroxyl groups is 1. The number of rotatable bonds is 9. The molecule has 0 aromatic heterocycles. The van der Waals surface area contributed by atoms with Gasteiger partial charge in [-0.25, -0.2) is 4.79 Å². The van der Waals surface area contributed by atoms with Gasteiger partial charge in [-0.3, -0.25) is 4.79 Å². The number of nitrogens with two attached hydrogens (primary N) is 1. The van der Waals surface area contributed by atoms with Crippen molar-refractivity contribution in [2.24, 2.45) is 5.73 Å². The second kappa shape index (κ2) is 9.77. The molecule has 0 saturated carbocycles. The Bertz CT molecular complexity index is 446. The van der Waals surface area contributed by atoms with Gasteiger partial charge in [0, 0.05) is 25.3 Å². The highest BCUT2D eigenvalue weighted by molar-refractivity contribution is 5.94. The van der Waals surface area contributed by atoms with Crippen LogP contribution in [-0.2, 0) is 6.54 Å². The number of unbranched alkanes of at least 4 members (excludes halogenated alkanes) is 3. The van der Waals surface area contributed by atoms with Crippen molar-refractivity contribution in [2.45, 2.75) is 32.2 Å². The Balaban J connectivity index is 2.29. The summed E-state index contributed by atoms with van der Waals surface area (Å²) in [5.74, 6) is -0.105. The molecule has 21 heavy (non-hydrogen) atoms. The SMILES string of the molecule is NC(=O)NCc1ccc(C(=O)NCCCCCCO)cc1. The number of nitrogens with one attached hydrogen (secondary N) is 2. The molecule has 1 aromatic carbocycles. The van der Waals surface area contributed by atoms with Gasteiger partial charge in [-0.15, -0.1) is 0 Å². The number of aliphatic hydroxyl groups excluding tert-OH is 1. The highest BCUT2D eigenvalue weighted by Gasteiger charge is 2.04. The molecule has 0 fully saturated rings. The molecule has 6 nitrogen and oxygen atoms in total. The average Bonchev–Trinajstić information content (AvgIpc) is 2.49. The number of carbonyl (C=O) groups is 2. The zero-order valence-corrected chi connectivity index (χ0v) is 12.1. The highest BCUT2D eigenvalue weighted by Crippen LogP contribution is 2.05. The molecule has 5 N–H and O–H groups in total. The Kier molecular flexibility index (Phi) is 7.89. The van der Waals surface area contributed by atoms with Crippen LogP contribution in [0.5, 0.6) is 0 Å². The minimum Gasteiger partial charge on any atom is -0.396 e. The molecule has 0 spiro atoms. The van der Waals surface area contributed by atoms with Gasteiger partial charge in [0.05, 0.1) is 0 Å². The highest BCUT2D eigenvalue weighted by atomic mass is 16.3. The molecule has 0 aliphatic rings. The second-order valence-corrected chi connectivity index (χ2v) is 4.81. The van der Waals surface area contributed by atoms with Crippen LogP contribution in [0.25, 0.3) is 0 Å². The predicted molar refractivity (Wildman–Crippen MR) is 80.8 cm³/mol. The van der Waals surface area contributed by atoms with E-state index in [9.17, 15) is 9.59 Å². The van der Waals surface area contributed by atoms with Crippen molar-refractivity contribution in [3.63, 3.8) is 0 Å². The average molecular weight is 293 g/mol. The summed E-state index contributed by atoms with van der Waals surface area (Å²) in [6, 6.07) is 6.44. The van der Waals surface area contributed by atoms with E-state index in [1.165, 1.54) is 0 Å². The lowest BCUT2D eigenvalue weighted by molar-refractivity contribution is 0.0952. The van der Waals surface area contributed by atoms with Gasteiger partial charge in [0.25, 0.3) is 5.91 Å². The van der Waals surface area contributed by atoms with E-state index in [1.54, 1.807) is 24.3 Å². The molecule has 0 radical (unpaired) electrons. The summed E-state index contributed by atoms with van der Waals surface area (Å²) in [6.45, 7) is 1.21. The van der Waals surface area contributed by atoms with Gasteiger partial charge in [-0.1, -0.05) is 25.0 Å².